The summed E-state index contributed by atoms with van der Waals surface area (Å²) in [5.74, 6) is 0.187. The Balaban J connectivity index is 2.65. The van der Waals surface area contributed by atoms with E-state index in [2.05, 4.69) is 39.3 Å². The first-order valence-corrected chi connectivity index (χ1v) is 9.73. The first kappa shape index (κ1) is 19.6. The van der Waals surface area contributed by atoms with E-state index in [4.69, 9.17) is 4.42 Å². The van der Waals surface area contributed by atoms with E-state index < -0.39 is 5.63 Å². The second-order valence-corrected chi connectivity index (χ2v) is 7.08. The quantitative estimate of drug-likeness (QED) is 0.409. The van der Waals surface area contributed by atoms with Crippen molar-refractivity contribution in [2.75, 3.05) is 0 Å². The summed E-state index contributed by atoms with van der Waals surface area (Å²) in [5, 5.41) is 5.18. The fourth-order valence-electron chi connectivity index (χ4n) is 2.03. The summed E-state index contributed by atoms with van der Waals surface area (Å²) < 4.78 is 9.86. The average Bonchev–Trinajstić information content (AvgIpc) is 2.93. The molecule has 0 amide bonds. The van der Waals surface area contributed by atoms with Gasteiger partial charge in [-0.2, -0.15) is 0 Å². The van der Waals surface area contributed by atoms with Gasteiger partial charge in [0.25, 0.3) is 0 Å². The molecule has 0 spiro atoms. The second kappa shape index (κ2) is 9.14. The predicted molar refractivity (Wildman–Crippen MR) is 90.6 cm³/mol. The summed E-state index contributed by atoms with van der Waals surface area (Å²) in [6.45, 7) is 5.45. The van der Waals surface area contributed by atoms with Gasteiger partial charge < -0.3 is 0 Å². The molecule has 0 saturated carbocycles. The number of aromatic nitrogens is 3. The van der Waals surface area contributed by atoms with E-state index in [9.17, 15) is 4.79 Å². The van der Waals surface area contributed by atoms with Crippen molar-refractivity contribution in [3.63, 3.8) is 0 Å². The Labute approximate surface area is 165 Å². The van der Waals surface area contributed by atoms with Crippen LogP contribution in [0.15, 0.2) is 33.5 Å². The van der Waals surface area contributed by atoms with E-state index in [0.717, 1.165) is 9.92 Å². The third-order valence-corrected chi connectivity index (χ3v) is 3.77. The zero-order valence-corrected chi connectivity index (χ0v) is 18.3. The van der Waals surface area contributed by atoms with Crippen molar-refractivity contribution >= 4 is 20.8 Å². The van der Waals surface area contributed by atoms with Gasteiger partial charge in [-0.3, -0.25) is 0 Å². The van der Waals surface area contributed by atoms with Crippen molar-refractivity contribution < 1.29 is 40.7 Å². The van der Waals surface area contributed by atoms with E-state index in [1.54, 1.807) is 25.1 Å². The van der Waals surface area contributed by atoms with Gasteiger partial charge in [0.2, 0.25) is 0 Å². The van der Waals surface area contributed by atoms with Gasteiger partial charge in [-0.05, 0) is 0 Å². The van der Waals surface area contributed by atoms with Gasteiger partial charge in [0, 0.05) is 0 Å². The SMILES string of the molecule is C[C-]=c1nc(-c2cc(C)nn2[C-]=C/C=C\[CH]=[W])oc(=O)/c1=C/[C](C)=[V]. The summed E-state index contributed by atoms with van der Waals surface area (Å²) >= 11 is 3.75. The first-order valence-electron chi connectivity index (χ1n) is 7.33. The van der Waals surface area contributed by atoms with Crippen LogP contribution in [-0.4, -0.2) is 23.4 Å². The van der Waals surface area contributed by atoms with Gasteiger partial charge in [0.05, 0.1) is 0 Å². The van der Waals surface area contributed by atoms with Gasteiger partial charge in [-0.15, -0.1) is 0 Å². The van der Waals surface area contributed by atoms with Crippen LogP contribution >= 0.6 is 0 Å². The van der Waals surface area contributed by atoms with Crippen LogP contribution in [0, 0.1) is 13.1 Å². The van der Waals surface area contributed by atoms with Crippen molar-refractivity contribution in [2.45, 2.75) is 20.8 Å². The molecule has 0 fully saturated rings. The fraction of sp³-hybridized carbons (Fsp3) is 0.167. The Morgan fingerprint density at radius 2 is 2.20 bits per heavy atom. The van der Waals surface area contributed by atoms with E-state index >= 15 is 0 Å². The van der Waals surface area contributed by atoms with Crippen molar-refractivity contribution in [2.24, 2.45) is 0 Å². The summed E-state index contributed by atoms with van der Waals surface area (Å²) in [6.07, 6.45) is 13.2. The molecule has 0 atom stereocenters. The second-order valence-electron chi connectivity index (χ2n) is 5.00. The molecule has 0 unspecified atom stereocenters. The van der Waals surface area contributed by atoms with E-state index in [0.29, 0.717) is 16.3 Å². The molecule has 0 aliphatic carbocycles. The normalized spacial score (nSPS) is 13.2. The zero-order valence-electron chi connectivity index (χ0n) is 14.0. The summed E-state index contributed by atoms with van der Waals surface area (Å²) in [7, 11) is 0. The zero-order chi connectivity index (χ0) is 18.4. The third-order valence-electron chi connectivity index (χ3n) is 3.00. The van der Waals surface area contributed by atoms with Crippen LogP contribution in [0.5, 0.6) is 0 Å². The van der Waals surface area contributed by atoms with Crippen molar-refractivity contribution in [3.05, 3.63) is 57.2 Å². The Bertz CT molecular complexity index is 1050. The minimum atomic E-state index is -0.461. The number of nitrogens with zero attached hydrogens (tertiary/aromatic N) is 3. The Kier molecular flexibility index (Phi) is 7.18. The summed E-state index contributed by atoms with van der Waals surface area (Å²) in [6, 6.07) is 1.79. The van der Waals surface area contributed by atoms with Gasteiger partial charge in [-0.1, -0.05) is 0 Å². The van der Waals surface area contributed by atoms with Crippen LogP contribution in [0.2, 0.25) is 0 Å². The summed E-state index contributed by atoms with van der Waals surface area (Å²) in [5.41, 5.74) is 0.867. The number of aryl methyl sites for hydroxylation is 1. The molecule has 7 heteroatoms. The van der Waals surface area contributed by atoms with E-state index in [1.165, 1.54) is 24.0 Å². The van der Waals surface area contributed by atoms with Crippen LogP contribution in [0.1, 0.15) is 19.5 Å². The topological polar surface area (TPSA) is 60.9 Å². The van der Waals surface area contributed by atoms with Crippen LogP contribution in [0.4, 0.5) is 0 Å². The molecule has 0 N–H and O–H groups in total. The molecule has 0 radical (unpaired) electrons. The minimum absolute atomic E-state index is 0.187. The Morgan fingerprint density at radius 1 is 1.44 bits per heavy atom. The molecular weight excluding hydrogens is 525 g/mol. The van der Waals surface area contributed by atoms with Crippen molar-refractivity contribution in [3.8, 4) is 11.6 Å². The maximum absolute atomic E-state index is 12.4. The third kappa shape index (κ3) is 5.15. The van der Waals surface area contributed by atoms with Gasteiger partial charge in [-0.25, -0.2) is 0 Å². The fourth-order valence-corrected chi connectivity index (χ4v) is 2.55. The number of allylic oxidation sites excluding steroid dienone is 3. The predicted octanol–water partition coefficient (Wildman–Crippen LogP) is 0.474. The van der Waals surface area contributed by atoms with Crippen LogP contribution < -0.4 is 16.2 Å². The Morgan fingerprint density at radius 3 is 2.84 bits per heavy atom. The van der Waals surface area contributed by atoms with Crippen molar-refractivity contribution in [1.29, 1.82) is 0 Å². The average molecular weight is 540 g/mol. The standard InChI is InChI=1S/C18H15N3O2.V.W/c1-5-8-9-11-21-16(12-13(4)20-21)17-19-15(7-3)14(10-6-2)18(22)23-17;;/h1,5,8-10,12H,2-4H3;;/q-2;;/b8-5-,14-10+;;. The monoisotopic (exact) mass is 540 g/mol. The maximum atomic E-state index is 12.4. The Hall–Kier alpha value is -1.68. The van der Waals surface area contributed by atoms with Crippen LogP contribution in [-0.2, 0) is 36.3 Å². The molecule has 2 rings (SSSR count). The number of rotatable bonds is 5. The molecule has 0 aromatic carbocycles. The number of hydrogen-bond acceptors (Lipinski definition) is 4. The molecule has 0 aliphatic rings. The summed E-state index contributed by atoms with van der Waals surface area (Å²) in [4.78, 5) is 16.8. The molecule has 2 aromatic heterocycles. The van der Waals surface area contributed by atoms with E-state index in [1.807, 2.05) is 30.4 Å². The molecule has 0 saturated heterocycles. The van der Waals surface area contributed by atoms with Gasteiger partial charge in [0.1, 0.15) is 0 Å². The molecule has 5 nitrogen and oxygen atoms in total. The molecular formula is C18H15N3O2VW-2. The molecule has 2 heterocycles. The molecule has 2 aromatic rings. The molecule has 0 aliphatic heterocycles. The van der Waals surface area contributed by atoms with E-state index in [-0.39, 0.29) is 5.89 Å². The first-order chi connectivity index (χ1) is 12.0. The number of hydrogen-bond donors (Lipinski definition) is 0. The molecule has 127 valence electrons. The van der Waals surface area contributed by atoms with Crippen molar-refractivity contribution in [1.82, 2.24) is 14.8 Å². The molecule has 25 heavy (non-hydrogen) atoms. The molecule has 0 bridgehead atoms. The van der Waals surface area contributed by atoms with Gasteiger partial charge in [0.15, 0.2) is 0 Å². The van der Waals surface area contributed by atoms with Gasteiger partial charge >= 0.3 is 166 Å². The van der Waals surface area contributed by atoms with Crippen LogP contribution in [0.3, 0.4) is 0 Å². The van der Waals surface area contributed by atoms with Crippen LogP contribution in [0.25, 0.3) is 23.7 Å².